The molecule has 0 aromatic heterocycles. The molecule has 0 unspecified atom stereocenters. The highest BCUT2D eigenvalue weighted by Crippen LogP contribution is 2.29. The van der Waals surface area contributed by atoms with Crippen LogP contribution in [-0.2, 0) is 0 Å². The van der Waals surface area contributed by atoms with Crippen molar-refractivity contribution < 1.29 is 8.78 Å². The van der Waals surface area contributed by atoms with E-state index in [2.05, 4.69) is 10.2 Å². The summed E-state index contributed by atoms with van der Waals surface area (Å²) in [6, 6.07) is 0.510. The van der Waals surface area contributed by atoms with Crippen LogP contribution in [0.1, 0.15) is 19.3 Å². The van der Waals surface area contributed by atoms with Gasteiger partial charge in [0.1, 0.15) is 0 Å². The van der Waals surface area contributed by atoms with Crippen molar-refractivity contribution >= 4 is 0 Å². The van der Waals surface area contributed by atoms with Gasteiger partial charge < -0.3 is 5.32 Å². The molecule has 2 rings (SSSR count). The van der Waals surface area contributed by atoms with Gasteiger partial charge >= 0.3 is 0 Å². The van der Waals surface area contributed by atoms with Gasteiger partial charge in [-0.1, -0.05) is 0 Å². The molecule has 0 saturated carbocycles. The van der Waals surface area contributed by atoms with Crippen LogP contribution in [0.4, 0.5) is 8.78 Å². The molecule has 0 amide bonds. The van der Waals surface area contributed by atoms with Crippen molar-refractivity contribution in [3.8, 4) is 0 Å². The van der Waals surface area contributed by atoms with E-state index in [9.17, 15) is 8.78 Å². The van der Waals surface area contributed by atoms with Crippen LogP contribution in [0.15, 0.2) is 0 Å². The average molecular weight is 190 g/mol. The lowest BCUT2D eigenvalue weighted by molar-refractivity contribution is -0.0615. The second-order valence-electron chi connectivity index (χ2n) is 4.04. The predicted molar refractivity (Wildman–Crippen MR) is 47.0 cm³/mol. The molecule has 0 aromatic rings. The standard InChI is InChI=1S/C9H16F2N2/c10-9(11)2-5-13(6-3-9)8-1-4-12-7-8/h8,12H,1-7H2/t8-/m1/s1. The molecule has 13 heavy (non-hydrogen) atoms. The van der Waals surface area contributed by atoms with Crippen LogP contribution in [0.25, 0.3) is 0 Å². The third-order valence-corrected chi connectivity index (χ3v) is 3.08. The van der Waals surface area contributed by atoms with E-state index in [1.165, 1.54) is 0 Å². The molecular weight excluding hydrogens is 174 g/mol. The topological polar surface area (TPSA) is 15.3 Å². The minimum Gasteiger partial charge on any atom is -0.315 e. The van der Waals surface area contributed by atoms with E-state index in [1.54, 1.807) is 0 Å². The van der Waals surface area contributed by atoms with Crippen molar-refractivity contribution in [3.05, 3.63) is 0 Å². The second kappa shape index (κ2) is 3.50. The zero-order valence-electron chi connectivity index (χ0n) is 7.73. The van der Waals surface area contributed by atoms with Crippen LogP contribution in [0.2, 0.25) is 0 Å². The third-order valence-electron chi connectivity index (χ3n) is 3.08. The maximum atomic E-state index is 12.8. The van der Waals surface area contributed by atoms with Crippen LogP contribution in [0, 0.1) is 0 Å². The largest absolute Gasteiger partial charge is 0.315 e. The zero-order valence-corrected chi connectivity index (χ0v) is 7.73. The Morgan fingerprint density at radius 2 is 1.92 bits per heavy atom. The lowest BCUT2D eigenvalue weighted by Crippen LogP contribution is -2.45. The molecule has 2 aliphatic heterocycles. The number of rotatable bonds is 1. The minimum atomic E-state index is -2.40. The Hall–Kier alpha value is -0.220. The van der Waals surface area contributed by atoms with Gasteiger partial charge in [0.25, 0.3) is 5.92 Å². The van der Waals surface area contributed by atoms with Crippen molar-refractivity contribution in [3.63, 3.8) is 0 Å². The van der Waals surface area contributed by atoms with E-state index in [-0.39, 0.29) is 12.8 Å². The molecule has 1 N–H and O–H groups in total. The summed E-state index contributed by atoms with van der Waals surface area (Å²) < 4.78 is 25.6. The van der Waals surface area contributed by atoms with Gasteiger partial charge in [0.15, 0.2) is 0 Å². The third kappa shape index (κ3) is 2.17. The van der Waals surface area contributed by atoms with E-state index in [1.807, 2.05) is 0 Å². The van der Waals surface area contributed by atoms with Gasteiger partial charge in [-0.15, -0.1) is 0 Å². The summed E-state index contributed by atoms with van der Waals surface area (Å²) in [4.78, 5) is 2.21. The number of piperidine rings is 1. The molecule has 2 saturated heterocycles. The number of halogens is 2. The van der Waals surface area contributed by atoms with Gasteiger partial charge in [0, 0.05) is 38.5 Å². The number of hydrogen-bond acceptors (Lipinski definition) is 2. The zero-order chi connectivity index (χ0) is 9.31. The Morgan fingerprint density at radius 3 is 2.46 bits per heavy atom. The lowest BCUT2D eigenvalue weighted by atomic mass is 10.0. The Bertz CT molecular complexity index is 168. The van der Waals surface area contributed by atoms with Crippen LogP contribution in [0.3, 0.4) is 0 Å². The Morgan fingerprint density at radius 1 is 1.23 bits per heavy atom. The van der Waals surface area contributed by atoms with Gasteiger partial charge in [0.2, 0.25) is 0 Å². The molecular formula is C9H16F2N2. The van der Waals surface area contributed by atoms with Crippen molar-refractivity contribution in [2.75, 3.05) is 26.2 Å². The van der Waals surface area contributed by atoms with Crippen LogP contribution < -0.4 is 5.32 Å². The van der Waals surface area contributed by atoms with Crippen LogP contribution in [0.5, 0.6) is 0 Å². The molecule has 76 valence electrons. The molecule has 0 bridgehead atoms. The van der Waals surface area contributed by atoms with E-state index < -0.39 is 5.92 Å². The lowest BCUT2D eigenvalue weighted by Gasteiger charge is -2.35. The summed E-state index contributed by atoms with van der Waals surface area (Å²) in [6.45, 7) is 3.15. The fourth-order valence-electron chi connectivity index (χ4n) is 2.17. The molecule has 0 spiro atoms. The summed E-state index contributed by atoms with van der Waals surface area (Å²) in [5, 5.41) is 3.26. The normalized spacial score (nSPS) is 35.1. The molecule has 2 fully saturated rings. The average Bonchev–Trinajstić information content (AvgIpc) is 2.56. The number of nitrogens with zero attached hydrogens (tertiary/aromatic N) is 1. The first-order chi connectivity index (χ1) is 6.17. The second-order valence-corrected chi connectivity index (χ2v) is 4.04. The first-order valence-corrected chi connectivity index (χ1v) is 5.00. The van der Waals surface area contributed by atoms with E-state index in [4.69, 9.17) is 0 Å². The maximum absolute atomic E-state index is 12.8. The van der Waals surface area contributed by atoms with Gasteiger partial charge in [-0.2, -0.15) is 0 Å². The van der Waals surface area contributed by atoms with E-state index >= 15 is 0 Å². The summed E-state index contributed by atoms with van der Waals surface area (Å²) in [5.41, 5.74) is 0. The van der Waals surface area contributed by atoms with Crippen LogP contribution in [-0.4, -0.2) is 43.0 Å². The number of likely N-dealkylation sites (tertiary alicyclic amines) is 1. The SMILES string of the molecule is FC1(F)CCN([C@@H]2CCNC2)CC1. The quantitative estimate of drug-likeness (QED) is 0.665. The molecule has 1 atom stereocenters. The van der Waals surface area contributed by atoms with Crippen molar-refractivity contribution in [1.29, 1.82) is 0 Å². The monoisotopic (exact) mass is 190 g/mol. The molecule has 0 radical (unpaired) electrons. The Balaban J connectivity index is 1.83. The van der Waals surface area contributed by atoms with Gasteiger partial charge in [-0.25, -0.2) is 8.78 Å². The van der Waals surface area contributed by atoms with Gasteiger partial charge in [0.05, 0.1) is 0 Å². The van der Waals surface area contributed by atoms with Crippen molar-refractivity contribution in [1.82, 2.24) is 10.2 Å². The predicted octanol–water partition coefficient (Wildman–Crippen LogP) is 1.08. The number of alkyl halides is 2. The summed E-state index contributed by atoms with van der Waals surface area (Å²) in [5.74, 6) is -2.40. The molecule has 2 aliphatic rings. The van der Waals surface area contributed by atoms with E-state index in [0.29, 0.717) is 19.1 Å². The maximum Gasteiger partial charge on any atom is 0.250 e. The highest BCUT2D eigenvalue weighted by Gasteiger charge is 2.36. The highest BCUT2D eigenvalue weighted by atomic mass is 19.3. The summed E-state index contributed by atoms with van der Waals surface area (Å²) in [7, 11) is 0. The number of hydrogen-bond donors (Lipinski definition) is 1. The summed E-state index contributed by atoms with van der Waals surface area (Å²) >= 11 is 0. The van der Waals surface area contributed by atoms with Crippen molar-refractivity contribution in [2.24, 2.45) is 0 Å². The van der Waals surface area contributed by atoms with Gasteiger partial charge in [-0.3, -0.25) is 4.90 Å². The first-order valence-electron chi connectivity index (χ1n) is 5.00. The molecule has 4 heteroatoms. The summed E-state index contributed by atoms with van der Waals surface area (Å²) in [6.07, 6.45) is 1.21. The molecule has 0 aliphatic carbocycles. The highest BCUT2D eigenvalue weighted by molar-refractivity contribution is 4.86. The minimum absolute atomic E-state index is 0.0451. The number of nitrogens with one attached hydrogen (secondary N) is 1. The van der Waals surface area contributed by atoms with Gasteiger partial charge in [-0.05, 0) is 13.0 Å². The first kappa shape index (κ1) is 9.34. The fraction of sp³-hybridized carbons (Fsp3) is 1.00. The Labute approximate surface area is 77.3 Å². The molecule has 2 nitrogen and oxygen atoms in total. The van der Waals surface area contributed by atoms with Crippen LogP contribution >= 0.6 is 0 Å². The molecule has 0 aromatic carbocycles. The Kier molecular flexibility index (Phi) is 2.51. The smallest absolute Gasteiger partial charge is 0.250 e. The van der Waals surface area contributed by atoms with E-state index in [0.717, 1.165) is 19.5 Å². The van der Waals surface area contributed by atoms with Crippen molar-refractivity contribution in [2.45, 2.75) is 31.2 Å². The fourth-order valence-corrected chi connectivity index (χ4v) is 2.17. The molecule has 2 heterocycles.